The Morgan fingerprint density at radius 2 is 1.06 bits per heavy atom. The van der Waals surface area contributed by atoms with Crippen LogP contribution in [-0.4, -0.2) is 42.9 Å². The fraction of sp³-hybridized carbons (Fsp3) is 0.933. The normalized spacial score (nSPS) is 14.7. The molecule has 0 aliphatic rings. The van der Waals surface area contributed by atoms with Crippen molar-refractivity contribution >= 4 is 7.60 Å². The number of hydrogen-bond acceptors (Lipinski definition) is 2. The molecule has 210 valence electrons. The van der Waals surface area contributed by atoms with Crippen molar-refractivity contribution in [3.05, 3.63) is 12.7 Å². The fourth-order valence-corrected chi connectivity index (χ4v) is 6.95. The summed E-state index contributed by atoms with van der Waals surface area (Å²) in [4.78, 5) is 10.4. The molecule has 0 heterocycles. The third kappa shape index (κ3) is 21.6. The molecule has 2 atom stereocenters. The Morgan fingerprint density at radius 3 is 1.37 bits per heavy atom. The maximum atomic E-state index is 12.7. The van der Waals surface area contributed by atoms with Gasteiger partial charge in [-0.2, -0.15) is 0 Å². The van der Waals surface area contributed by atoms with Gasteiger partial charge in [0.05, 0.1) is 27.7 Å². The zero-order chi connectivity index (χ0) is 26.3. The molecule has 0 rings (SSSR count). The second kappa shape index (κ2) is 23.0. The third-order valence-electron chi connectivity index (χ3n) is 7.15. The SMILES string of the molecule is C=CCCCCCCCCCCCCCCCCCCCCCOP(=O)(O)C(CCC)[N+](C)(C)C. The molecule has 0 aliphatic heterocycles. The molecular weight excluding hydrogens is 453 g/mol. The van der Waals surface area contributed by atoms with Crippen molar-refractivity contribution in [2.24, 2.45) is 0 Å². The van der Waals surface area contributed by atoms with Crippen molar-refractivity contribution in [1.82, 2.24) is 0 Å². The molecule has 0 fully saturated rings. The van der Waals surface area contributed by atoms with Crippen LogP contribution in [0.15, 0.2) is 12.7 Å². The van der Waals surface area contributed by atoms with Gasteiger partial charge >= 0.3 is 7.60 Å². The van der Waals surface area contributed by atoms with Gasteiger partial charge < -0.3 is 13.9 Å². The first-order valence-electron chi connectivity index (χ1n) is 15.1. The summed E-state index contributed by atoms with van der Waals surface area (Å²) in [6, 6.07) is 0. The summed E-state index contributed by atoms with van der Waals surface area (Å²) in [6.07, 6.45) is 30.3. The van der Waals surface area contributed by atoms with Crippen LogP contribution in [0.2, 0.25) is 0 Å². The van der Waals surface area contributed by atoms with Crippen LogP contribution in [-0.2, 0) is 9.09 Å². The maximum absolute atomic E-state index is 12.7. The third-order valence-corrected chi connectivity index (χ3v) is 9.40. The number of allylic oxidation sites excluding steroid dienone is 1. The molecule has 0 spiro atoms. The van der Waals surface area contributed by atoms with Crippen LogP contribution in [0.4, 0.5) is 0 Å². The van der Waals surface area contributed by atoms with E-state index >= 15 is 0 Å². The van der Waals surface area contributed by atoms with Crippen LogP contribution in [0.3, 0.4) is 0 Å². The summed E-state index contributed by atoms with van der Waals surface area (Å²) in [7, 11) is 2.36. The minimum absolute atomic E-state index is 0.333. The van der Waals surface area contributed by atoms with Crippen LogP contribution in [0, 0.1) is 0 Å². The van der Waals surface area contributed by atoms with Crippen LogP contribution in [0.1, 0.15) is 148 Å². The molecule has 5 heteroatoms. The standard InChI is InChI=1S/C30H62NO3P/c1-6-8-9-10-11-12-13-14-15-16-17-18-19-20-21-22-23-24-25-26-27-29-34-35(32,33)30(28-7-2)31(3,4)5/h6,30H,1,7-29H2,2-5H3/p+1. The summed E-state index contributed by atoms with van der Waals surface area (Å²) >= 11 is 0. The zero-order valence-corrected chi connectivity index (χ0v) is 25.2. The van der Waals surface area contributed by atoms with E-state index in [0.717, 1.165) is 19.3 Å². The number of quaternary nitrogens is 1. The zero-order valence-electron chi connectivity index (χ0n) is 24.3. The van der Waals surface area contributed by atoms with Gasteiger partial charge in [-0.25, -0.2) is 0 Å². The molecule has 1 N–H and O–H groups in total. The monoisotopic (exact) mass is 516 g/mol. The van der Waals surface area contributed by atoms with E-state index in [1.807, 2.05) is 27.2 Å². The Kier molecular flexibility index (Phi) is 22.9. The Balaban J connectivity index is 3.40. The molecular formula is C30H63NO3P+. The predicted molar refractivity (Wildman–Crippen MR) is 155 cm³/mol. The molecule has 0 saturated carbocycles. The number of rotatable bonds is 27. The van der Waals surface area contributed by atoms with Crippen molar-refractivity contribution in [3.8, 4) is 0 Å². The molecule has 2 unspecified atom stereocenters. The average molecular weight is 517 g/mol. The lowest BCUT2D eigenvalue weighted by Crippen LogP contribution is -2.45. The largest absolute Gasteiger partial charge is 0.385 e. The molecule has 0 aromatic rings. The lowest BCUT2D eigenvalue weighted by atomic mass is 10.0. The quantitative estimate of drug-likeness (QED) is 0.0511. The van der Waals surface area contributed by atoms with E-state index in [-0.39, 0.29) is 5.78 Å². The highest BCUT2D eigenvalue weighted by Crippen LogP contribution is 2.51. The number of unbranched alkanes of at least 4 members (excludes halogenated alkanes) is 19. The summed E-state index contributed by atoms with van der Waals surface area (Å²) in [6.45, 7) is 6.25. The lowest BCUT2D eigenvalue weighted by Gasteiger charge is -2.35. The highest BCUT2D eigenvalue weighted by atomic mass is 31.2. The fourth-order valence-electron chi connectivity index (χ4n) is 4.92. The molecule has 0 amide bonds. The number of hydrogen-bond donors (Lipinski definition) is 1. The Morgan fingerprint density at radius 1 is 0.714 bits per heavy atom. The first kappa shape index (κ1) is 34.9. The van der Waals surface area contributed by atoms with Gasteiger partial charge in [0, 0.05) is 6.42 Å². The van der Waals surface area contributed by atoms with E-state index < -0.39 is 7.60 Å². The molecule has 0 radical (unpaired) electrons. The minimum atomic E-state index is -3.57. The van der Waals surface area contributed by atoms with E-state index in [2.05, 4.69) is 13.5 Å². The van der Waals surface area contributed by atoms with Crippen LogP contribution < -0.4 is 0 Å². The molecule has 0 aliphatic carbocycles. The van der Waals surface area contributed by atoms with Gasteiger partial charge in [0.25, 0.3) is 0 Å². The molecule has 0 bridgehead atoms. The summed E-state index contributed by atoms with van der Waals surface area (Å²) in [5, 5.41) is 0. The van der Waals surface area contributed by atoms with Crippen molar-refractivity contribution in [2.45, 2.75) is 154 Å². The average Bonchev–Trinajstić information content (AvgIpc) is 2.80. The second-order valence-electron chi connectivity index (χ2n) is 11.6. The molecule has 4 nitrogen and oxygen atoms in total. The maximum Gasteiger partial charge on any atom is 0.385 e. The smallest absolute Gasteiger partial charge is 0.320 e. The first-order chi connectivity index (χ1) is 16.8. The van der Waals surface area contributed by atoms with Crippen molar-refractivity contribution < 1.29 is 18.5 Å². The lowest BCUT2D eigenvalue weighted by molar-refractivity contribution is -0.883. The molecule has 0 aromatic heterocycles. The van der Waals surface area contributed by atoms with E-state index in [4.69, 9.17) is 4.52 Å². The van der Waals surface area contributed by atoms with E-state index in [1.165, 1.54) is 116 Å². The second-order valence-corrected chi connectivity index (χ2v) is 13.6. The van der Waals surface area contributed by atoms with E-state index in [1.54, 1.807) is 0 Å². The van der Waals surface area contributed by atoms with E-state index in [0.29, 0.717) is 17.5 Å². The van der Waals surface area contributed by atoms with Gasteiger partial charge in [-0.3, -0.25) is 4.57 Å². The van der Waals surface area contributed by atoms with Gasteiger partial charge in [-0.15, -0.1) is 6.58 Å². The van der Waals surface area contributed by atoms with Crippen LogP contribution in [0.5, 0.6) is 0 Å². The topological polar surface area (TPSA) is 46.5 Å². The van der Waals surface area contributed by atoms with Gasteiger partial charge in [-0.05, 0) is 25.7 Å². The predicted octanol–water partition coefficient (Wildman–Crippen LogP) is 10.0. The summed E-state index contributed by atoms with van der Waals surface area (Å²) < 4.78 is 18.7. The Hall–Kier alpha value is -0.150. The van der Waals surface area contributed by atoms with E-state index in [9.17, 15) is 9.46 Å². The number of nitrogens with zero attached hydrogens (tertiary/aromatic N) is 1. The summed E-state index contributed by atoms with van der Waals surface area (Å²) in [5.74, 6) is -0.333. The van der Waals surface area contributed by atoms with Crippen LogP contribution >= 0.6 is 7.60 Å². The minimum Gasteiger partial charge on any atom is -0.320 e. The van der Waals surface area contributed by atoms with Gasteiger partial charge in [-0.1, -0.05) is 122 Å². The van der Waals surface area contributed by atoms with Gasteiger partial charge in [0.15, 0.2) is 5.78 Å². The highest BCUT2D eigenvalue weighted by Gasteiger charge is 2.41. The van der Waals surface area contributed by atoms with Crippen molar-refractivity contribution in [2.75, 3.05) is 27.7 Å². The molecule has 35 heavy (non-hydrogen) atoms. The Bertz CT molecular complexity index is 518. The van der Waals surface area contributed by atoms with Crippen molar-refractivity contribution in [3.63, 3.8) is 0 Å². The van der Waals surface area contributed by atoms with Crippen LogP contribution in [0.25, 0.3) is 0 Å². The summed E-state index contributed by atoms with van der Waals surface area (Å²) in [5.41, 5.74) is 0. The molecule has 0 aromatic carbocycles. The highest BCUT2D eigenvalue weighted by molar-refractivity contribution is 7.53. The Labute approximate surface area is 220 Å². The first-order valence-corrected chi connectivity index (χ1v) is 16.8. The molecule has 0 saturated heterocycles. The van der Waals surface area contributed by atoms with Crippen molar-refractivity contribution in [1.29, 1.82) is 0 Å². The van der Waals surface area contributed by atoms with Gasteiger partial charge in [0.1, 0.15) is 0 Å². The van der Waals surface area contributed by atoms with Gasteiger partial charge in [0.2, 0.25) is 0 Å².